The van der Waals surface area contributed by atoms with Crippen molar-refractivity contribution in [2.45, 2.75) is 97.6 Å². The average Bonchev–Trinajstić information content (AvgIpc) is 2.82. The molecule has 0 spiro atoms. The summed E-state index contributed by atoms with van der Waals surface area (Å²) >= 11 is 6.40. The molecule has 1 heterocycles. The van der Waals surface area contributed by atoms with E-state index in [1.54, 1.807) is 0 Å². The lowest BCUT2D eigenvalue weighted by atomic mass is 10.1. The summed E-state index contributed by atoms with van der Waals surface area (Å²) in [5, 5.41) is 3.55. The van der Waals surface area contributed by atoms with E-state index in [2.05, 4.69) is 23.7 Å². The van der Waals surface area contributed by atoms with Crippen molar-refractivity contribution in [3.63, 3.8) is 0 Å². The van der Waals surface area contributed by atoms with E-state index in [-0.39, 0.29) is 29.9 Å². The van der Waals surface area contributed by atoms with E-state index in [4.69, 9.17) is 16.3 Å². The van der Waals surface area contributed by atoms with E-state index >= 15 is 0 Å². The van der Waals surface area contributed by atoms with Crippen LogP contribution >= 0.6 is 11.6 Å². The van der Waals surface area contributed by atoms with Crippen LogP contribution in [0.4, 0.5) is 0 Å². The number of nitrogens with zero attached hydrogens (tertiary/aromatic N) is 1. The van der Waals surface area contributed by atoms with Gasteiger partial charge in [0.05, 0.1) is 17.2 Å². The maximum absolute atomic E-state index is 12.4. The molecular formula is C28H42ClIN2O2. The van der Waals surface area contributed by atoms with Gasteiger partial charge in [0.15, 0.2) is 12.4 Å². The van der Waals surface area contributed by atoms with Crippen LogP contribution in [0.2, 0.25) is 5.02 Å². The summed E-state index contributed by atoms with van der Waals surface area (Å²) in [6.45, 7) is 6.47. The van der Waals surface area contributed by atoms with Gasteiger partial charge in [0.25, 0.3) is 5.91 Å². The smallest absolute Gasteiger partial charge is 0.252 e. The number of halogens is 2. The minimum Gasteiger partial charge on any atom is -1.00 e. The molecule has 0 radical (unpaired) electrons. The van der Waals surface area contributed by atoms with Gasteiger partial charge >= 0.3 is 0 Å². The normalized spacial score (nSPS) is 10.6. The van der Waals surface area contributed by atoms with Crippen molar-refractivity contribution in [1.82, 2.24) is 5.32 Å². The number of amides is 1. The van der Waals surface area contributed by atoms with Crippen molar-refractivity contribution >= 4 is 17.5 Å². The molecule has 0 saturated carbocycles. The fraction of sp³-hybridized carbons (Fsp3) is 0.571. The van der Waals surface area contributed by atoms with Crippen LogP contribution in [0.1, 0.15) is 100 Å². The Hall–Kier alpha value is -1.34. The zero-order chi connectivity index (χ0) is 23.7. The molecule has 6 heteroatoms. The molecule has 4 nitrogen and oxygen atoms in total. The zero-order valence-corrected chi connectivity index (χ0v) is 23.9. The summed E-state index contributed by atoms with van der Waals surface area (Å²) < 4.78 is 7.94. The number of aromatic nitrogens is 1. The lowest BCUT2D eigenvalue weighted by Gasteiger charge is -2.10. The highest BCUT2D eigenvalue weighted by Gasteiger charge is 2.09. The summed E-state index contributed by atoms with van der Waals surface area (Å²) in [5.41, 5.74) is 1.61. The van der Waals surface area contributed by atoms with Crippen molar-refractivity contribution < 1.29 is 38.1 Å². The molecule has 0 aliphatic carbocycles. The topological polar surface area (TPSA) is 42.2 Å². The molecule has 190 valence electrons. The molecule has 2 aromatic rings. The summed E-state index contributed by atoms with van der Waals surface area (Å²) in [6, 6.07) is 9.43. The molecule has 1 aromatic carbocycles. The minimum absolute atomic E-state index is 0. The molecule has 1 amide bonds. The van der Waals surface area contributed by atoms with E-state index in [1.807, 2.05) is 42.7 Å². The van der Waals surface area contributed by atoms with Crippen LogP contribution in [-0.2, 0) is 13.1 Å². The van der Waals surface area contributed by atoms with Crippen molar-refractivity contribution in [1.29, 1.82) is 0 Å². The highest BCUT2D eigenvalue weighted by Crippen LogP contribution is 2.26. The van der Waals surface area contributed by atoms with Gasteiger partial charge in [-0.1, -0.05) is 89.3 Å². The van der Waals surface area contributed by atoms with E-state index < -0.39 is 0 Å². The number of carbonyl (C=O) groups is 1. The highest BCUT2D eigenvalue weighted by atomic mass is 127. The number of hydrogen-bond acceptors (Lipinski definition) is 2. The third-order valence-electron chi connectivity index (χ3n) is 5.84. The second-order valence-corrected chi connectivity index (χ2v) is 9.21. The van der Waals surface area contributed by atoms with Crippen LogP contribution in [-0.4, -0.2) is 12.5 Å². The van der Waals surface area contributed by atoms with E-state index in [0.29, 0.717) is 29.5 Å². The first-order valence-electron chi connectivity index (χ1n) is 12.8. The molecule has 0 aliphatic rings. The Morgan fingerprint density at radius 3 is 2.09 bits per heavy atom. The van der Waals surface area contributed by atoms with Crippen LogP contribution < -0.4 is 38.6 Å². The van der Waals surface area contributed by atoms with Crippen molar-refractivity contribution in [2.75, 3.05) is 6.61 Å². The van der Waals surface area contributed by atoms with E-state index in [1.165, 1.54) is 57.8 Å². The van der Waals surface area contributed by atoms with Crippen LogP contribution in [0, 0.1) is 0 Å². The summed E-state index contributed by atoms with van der Waals surface area (Å²) in [7, 11) is 0. The summed E-state index contributed by atoms with van der Waals surface area (Å²) in [6.07, 6.45) is 18.0. The van der Waals surface area contributed by atoms with Gasteiger partial charge in [-0.3, -0.25) is 4.79 Å². The Kier molecular flexibility index (Phi) is 17.1. The highest BCUT2D eigenvalue weighted by molar-refractivity contribution is 6.32. The van der Waals surface area contributed by atoms with Crippen molar-refractivity contribution in [3.8, 4) is 5.75 Å². The third kappa shape index (κ3) is 12.4. The van der Waals surface area contributed by atoms with Gasteiger partial charge in [-0.15, -0.1) is 0 Å². The molecular weight excluding hydrogens is 559 g/mol. The Balaban J connectivity index is 0.00000578. The number of nitrogens with one attached hydrogen (secondary N) is 1. The predicted molar refractivity (Wildman–Crippen MR) is 137 cm³/mol. The molecule has 0 atom stereocenters. The average molecular weight is 601 g/mol. The first kappa shape index (κ1) is 30.7. The minimum atomic E-state index is -0.0870. The second kappa shape index (κ2) is 18.9. The number of aryl methyl sites for hydroxylation is 1. The first-order valence-corrected chi connectivity index (χ1v) is 13.2. The lowest BCUT2D eigenvalue weighted by molar-refractivity contribution is -0.697. The summed E-state index contributed by atoms with van der Waals surface area (Å²) in [5.74, 6) is 0.627. The van der Waals surface area contributed by atoms with Crippen molar-refractivity contribution in [2.24, 2.45) is 0 Å². The molecule has 34 heavy (non-hydrogen) atoms. The Labute approximate surface area is 228 Å². The van der Waals surface area contributed by atoms with Crippen LogP contribution in [0.15, 0.2) is 42.7 Å². The van der Waals surface area contributed by atoms with Crippen molar-refractivity contribution in [3.05, 3.63) is 58.9 Å². The van der Waals surface area contributed by atoms with Gasteiger partial charge < -0.3 is 34.0 Å². The van der Waals surface area contributed by atoms with Crippen LogP contribution in [0.5, 0.6) is 5.75 Å². The fourth-order valence-electron chi connectivity index (χ4n) is 3.84. The lowest BCUT2D eigenvalue weighted by Crippen LogP contribution is -3.00. The van der Waals surface area contributed by atoms with E-state index in [9.17, 15) is 4.79 Å². The van der Waals surface area contributed by atoms with Crippen LogP contribution in [0.25, 0.3) is 0 Å². The van der Waals surface area contributed by atoms with Gasteiger partial charge in [-0.2, -0.15) is 0 Å². The fourth-order valence-corrected chi connectivity index (χ4v) is 4.10. The predicted octanol–water partition coefficient (Wildman–Crippen LogP) is 4.27. The van der Waals surface area contributed by atoms with Gasteiger partial charge in [0, 0.05) is 25.1 Å². The molecule has 2 rings (SSSR count). The molecule has 0 unspecified atom stereocenters. The number of ether oxygens (including phenoxy) is 1. The Morgan fingerprint density at radius 1 is 0.882 bits per heavy atom. The second-order valence-electron chi connectivity index (χ2n) is 8.80. The monoisotopic (exact) mass is 600 g/mol. The van der Waals surface area contributed by atoms with Gasteiger partial charge in [-0.25, -0.2) is 4.57 Å². The number of benzene rings is 1. The number of unbranched alkanes of at least 4 members (excludes halogenated alkanes) is 9. The molecule has 1 aromatic heterocycles. The third-order valence-corrected chi connectivity index (χ3v) is 6.14. The number of pyridine rings is 1. The molecule has 0 fully saturated rings. The molecule has 0 saturated heterocycles. The van der Waals surface area contributed by atoms with Gasteiger partial charge in [-0.05, 0) is 24.1 Å². The largest absolute Gasteiger partial charge is 1.00 e. The zero-order valence-electron chi connectivity index (χ0n) is 21.0. The van der Waals surface area contributed by atoms with E-state index in [0.717, 1.165) is 24.9 Å². The maximum atomic E-state index is 12.4. The Morgan fingerprint density at radius 2 is 1.50 bits per heavy atom. The number of hydrogen-bond donors (Lipinski definition) is 1. The number of rotatable bonds is 17. The van der Waals surface area contributed by atoms with Gasteiger partial charge in [0.1, 0.15) is 12.3 Å². The molecule has 0 aliphatic heterocycles. The first-order chi connectivity index (χ1) is 16.1. The van der Waals surface area contributed by atoms with Crippen LogP contribution in [0.3, 0.4) is 0 Å². The molecule has 0 bridgehead atoms. The SMILES string of the molecule is CCCCCCCCCCCCOc1ccc(CNC(=O)c2cc[n+](CCC)cc2)cc1Cl.[I-]. The standard InChI is InChI=1S/C28H41ClN2O2.HI/c1-3-5-6-7-8-9-10-11-12-13-21-33-27-15-14-24(22-26(27)29)23-30-28(32)25-16-19-31(18-4-2)20-17-25;/h14-17,19-20,22H,3-13,18,21,23H2,1-2H3;1H. The summed E-state index contributed by atoms with van der Waals surface area (Å²) in [4.78, 5) is 12.4. The van der Waals surface area contributed by atoms with Gasteiger partial charge in [0.2, 0.25) is 0 Å². The maximum Gasteiger partial charge on any atom is 0.252 e. The quantitative estimate of drug-likeness (QED) is 0.167. The Bertz CT molecular complexity index is 815. The molecule has 1 N–H and O–H groups in total. The number of carbonyl (C=O) groups excluding carboxylic acids is 1.